The summed E-state index contributed by atoms with van der Waals surface area (Å²) in [5.41, 5.74) is 27.4. The van der Waals surface area contributed by atoms with E-state index in [0.717, 1.165) is 74.6 Å². The summed E-state index contributed by atoms with van der Waals surface area (Å²) < 4.78 is 13.0. The SMILES string of the molecule is CC(C)Cc1ccnc(-c2[c-]ccc(-c3ccccc3)c2)c1.CCc1ccnc(-c2[c-]ccc(-c3ccccc3)c2)c1.Cc1cc(C)cc(-c2cc[c-]c(-c3nccc(C)c3C)c2)c1.Cc1ccnc(-c2[c-]ccc(-c3ccc(F)cc3)c2)c1C.[Ir].[Ir].[Ir].[Ir]. The molecule has 0 bridgehead atoms. The van der Waals surface area contributed by atoms with Gasteiger partial charge in [0, 0.05) is 105 Å². The molecule has 4 nitrogen and oxygen atoms in total. The van der Waals surface area contributed by atoms with Crippen LogP contribution in [0.1, 0.15) is 65.3 Å². The molecule has 8 aromatic carbocycles. The smallest absolute Gasteiger partial charge is 0.123 e. The van der Waals surface area contributed by atoms with Crippen molar-refractivity contribution in [3.05, 3.63) is 312 Å². The van der Waals surface area contributed by atoms with Crippen LogP contribution in [0.15, 0.2) is 237 Å². The van der Waals surface area contributed by atoms with Gasteiger partial charge in [-0.05, 0) is 142 Å². The van der Waals surface area contributed by atoms with E-state index >= 15 is 0 Å². The second kappa shape index (κ2) is 35.9. The average Bonchev–Trinajstić information content (AvgIpc) is 3.50. The van der Waals surface area contributed by atoms with Gasteiger partial charge in [0.2, 0.25) is 0 Å². The van der Waals surface area contributed by atoms with E-state index in [1.165, 1.54) is 84.5 Å². The molecule has 0 aliphatic heterocycles. The van der Waals surface area contributed by atoms with Crippen molar-refractivity contribution >= 4 is 0 Å². The number of halogens is 1. The predicted octanol–water partition coefficient (Wildman–Crippen LogP) is 20.6. The van der Waals surface area contributed by atoms with E-state index in [1.807, 2.05) is 85.5 Å². The molecule has 0 aliphatic rings. The van der Waals surface area contributed by atoms with Gasteiger partial charge in [0.15, 0.2) is 0 Å². The van der Waals surface area contributed by atoms with Crippen LogP contribution in [0.2, 0.25) is 0 Å². The number of aromatic nitrogens is 4. The van der Waals surface area contributed by atoms with Crippen LogP contribution in [0.3, 0.4) is 0 Å². The molecule has 9 heteroatoms. The summed E-state index contributed by atoms with van der Waals surface area (Å²) in [4.78, 5) is 18.0. The fourth-order valence-corrected chi connectivity index (χ4v) is 10.1. The van der Waals surface area contributed by atoms with E-state index in [0.29, 0.717) is 5.92 Å². The third-order valence-corrected chi connectivity index (χ3v) is 14.9. The number of aryl methyl sites for hydroxylation is 5. The zero-order chi connectivity index (χ0) is 59.7. The maximum Gasteiger partial charge on any atom is 0.123 e. The zero-order valence-corrected chi connectivity index (χ0v) is 61.1. The molecule has 0 saturated heterocycles. The summed E-state index contributed by atoms with van der Waals surface area (Å²) in [6.07, 6.45) is 9.56. The summed E-state index contributed by atoms with van der Waals surface area (Å²) >= 11 is 0. The van der Waals surface area contributed by atoms with Crippen molar-refractivity contribution in [3.8, 4) is 89.5 Å². The van der Waals surface area contributed by atoms with Gasteiger partial charge in [0.25, 0.3) is 0 Å². The van der Waals surface area contributed by atoms with Crippen LogP contribution < -0.4 is 0 Å². The van der Waals surface area contributed by atoms with E-state index in [9.17, 15) is 4.39 Å². The topological polar surface area (TPSA) is 51.6 Å². The first-order valence-electron chi connectivity index (χ1n) is 29.1. The van der Waals surface area contributed by atoms with Gasteiger partial charge < -0.3 is 19.9 Å². The molecule has 0 aliphatic carbocycles. The first-order valence-corrected chi connectivity index (χ1v) is 29.1. The third-order valence-electron chi connectivity index (χ3n) is 14.9. The normalized spacial score (nSPS) is 10.2. The van der Waals surface area contributed by atoms with Crippen molar-refractivity contribution in [1.82, 2.24) is 19.9 Å². The minimum absolute atomic E-state index is 0. The summed E-state index contributed by atoms with van der Waals surface area (Å²) in [7, 11) is 0. The summed E-state index contributed by atoms with van der Waals surface area (Å²) in [6, 6.07) is 84.3. The van der Waals surface area contributed by atoms with E-state index in [-0.39, 0.29) is 86.2 Å². The van der Waals surface area contributed by atoms with E-state index in [2.05, 4.69) is 234 Å². The van der Waals surface area contributed by atoms with Crippen LogP contribution in [0.25, 0.3) is 89.5 Å². The minimum Gasteiger partial charge on any atom is -0.305 e. The fraction of sp³-hybridized carbons (Fsp3) is 0.150. The molecule has 12 rings (SSSR count). The van der Waals surface area contributed by atoms with Crippen molar-refractivity contribution in [2.45, 2.75) is 75.2 Å². The number of hydrogen-bond acceptors (Lipinski definition) is 4. The standard InChI is InChI=1S/2C21H20N.C19H15FN.C19H16N.4Ir/c1-14-10-15(2)12-20(11-14)18-6-5-7-19(13-18)21-17(4)16(3)8-9-22-21;1-16(2)13-17-11-12-22-21(14-17)20-10-6-9-19(15-20)18-7-4-3-5-8-18;1-13-10-11-21-19(14(13)2)17-5-3-4-16(12-17)15-6-8-18(20)9-7-15;1-2-15-11-12-20-19(13-15)18-10-6-9-17(14-18)16-7-4-3-5-8-16;;;;/h5-6,8-13H,1-4H3;3-9,11-12,14-16H,13H2,1-2H3;3-4,6-12H,1-2H3;3-9,11-14H,2H2,1H3;;;;/q4*-1;;;;. The van der Waals surface area contributed by atoms with E-state index < -0.39 is 0 Å². The number of pyridine rings is 4. The number of nitrogens with zero attached hydrogens (tertiary/aromatic N) is 4. The van der Waals surface area contributed by atoms with Gasteiger partial charge in [0.1, 0.15) is 5.82 Å². The number of benzene rings is 8. The molecule has 89 heavy (non-hydrogen) atoms. The Morgan fingerprint density at radius 2 is 0.730 bits per heavy atom. The number of hydrogen-bond donors (Lipinski definition) is 0. The van der Waals surface area contributed by atoms with Crippen molar-refractivity contribution in [1.29, 1.82) is 0 Å². The minimum atomic E-state index is -0.224. The average molecular weight is 1880 g/mol. The number of rotatable bonds is 11. The van der Waals surface area contributed by atoms with Crippen LogP contribution in [0.4, 0.5) is 4.39 Å². The van der Waals surface area contributed by atoms with Gasteiger partial charge in [-0.3, -0.25) is 0 Å². The molecule has 0 amide bonds. The van der Waals surface area contributed by atoms with Crippen LogP contribution in [0, 0.1) is 77.5 Å². The Balaban J connectivity index is 0.000000213. The second-order valence-electron chi connectivity index (χ2n) is 21.8. The Morgan fingerprint density at radius 1 is 0.360 bits per heavy atom. The van der Waals surface area contributed by atoms with Gasteiger partial charge in [-0.2, -0.15) is 0 Å². The molecular formula is C80H71FIr4N4-4. The summed E-state index contributed by atoms with van der Waals surface area (Å²) in [6.45, 7) is 19.3. The molecule has 0 unspecified atom stereocenters. The van der Waals surface area contributed by atoms with Crippen LogP contribution in [0.5, 0.6) is 0 Å². The quantitative estimate of drug-likeness (QED) is 0.121. The van der Waals surface area contributed by atoms with Crippen molar-refractivity contribution in [3.63, 3.8) is 0 Å². The fourth-order valence-electron chi connectivity index (χ4n) is 10.1. The Morgan fingerprint density at radius 3 is 1.16 bits per heavy atom. The Bertz CT molecular complexity index is 4130. The summed E-state index contributed by atoms with van der Waals surface area (Å²) in [5.74, 6) is 0.424. The van der Waals surface area contributed by atoms with E-state index in [4.69, 9.17) is 0 Å². The molecule has 4 heterocycles. The van der Waals surface area contributed by atoms with Gasteiger partial charge in [-0.15, -0.1) is 142 Å². The second-order valence-corrected chi connectivity index (χ2v) is 21.8. The first kappa shape index (κ1) is 72.6. The Hall–Kier alpha value is -7.11. The first-order chi connectivity index (χ1) is 41.3. The maximum absolute atomic E-state index is 13.0. The molecule has 0 atom stereocenters. The molecule has 0 N–H and O–H groups in total. The molecule has 4 aromatic heterocycles. The predicted molar refractivity (Wildman–Crippen MR) is 352 cm³/mol. The van der Waals surface area contributed by atoms with Gasteiger partial charge in [0.05, 0.1) is 0 Å². The Kier molecular flexibility index (Phi) is 29.3. The molecule has 0 fully saturated rings. The maximum atomic E-state index is 13.0. The van der Waals surface area contributed by atoms with Crippen LogP contribution in [-0.2, 0) is 93.3 Å². The van der Waals surface area contributed by atoms with Gasteiger partial charge >= 0.3 is 0 Å². The monoisotopic (exact) mass is 1880 g/mol. The Labute approximate surface area is 581 Å². The molecular weight excluding hydrogens is 1800 g/mol. The molecule has 4 radical (unpaired) electrons. The van der Waals surface area contributed by atoms with E-state index in [1.54, 1.807) is 12.1 Å². The van der Waals surface area contributed by atoms with Crippen LogP contribution in [-0.4, -0.2) is 19.9 Å². The molecule has 458 valence electrons. The van der Waals surface area contributed by atoms with Crippen molar-refractivity contribution in [2.24, 2.45) is 5.92 Å². The molecule has 12 aromatic rings. The van der Waals surface area contributed by atoms with Gasteiger partial charge in [-0.1, -0.05) is 168 Å². The largest absolute Gasteiger partial charge is 0.305 e. The zero-order valence-electron chi connectivity index (χ0n) is 51.5. The molecule has 0 saturated carbocycles. The van der Waals surface area contributed by atoms with Gasteiger partial charge in [-0.25, -0.2) is 4.39 Å². The third kappa shape index (κ3) is 20.5. The van der Waals surface area contributed by atoms with Crippen molar-refractivity contribution < 1.29 is 84.8 Å². The molecule has 0 spiro atoms. The van der Waals surface area contributed by atoms with Crippen LogP contribution >= 0.6 is 0 Å². The summed E-state index contributed by atoms with van der Waals surface area (Å²) in [5, 5.41) is 0. The van der Waals surface area contributed by atoms with Crippen molar-refractivity contribution in [2.75, 3.05) is 0 Å².